The number of hydrogen-bond acceptors (Lipinski definition) is 4. The van der Waals surface area contributed by atoms with E-state index >= 15 is 0 Å². The van der Waals surface area contributed by atoms with Gasteiger partial charge in [-0.25, -0.2) is 0 Å². The highest BCUT2D eigenvalue weighted by molar-refractivity contribution is 5.95. The number of carbonyl (C=O) groups excluding carboxylic acids is 1. The summed E-state index contributed by atoms with van der Waals surface area (Å²) in [4.78, 5) is 23.2. The molecule has 0 aromatic heterocycles. The maximum atomic E-state index is 12.2. The Morgan fingerprint density at radius 3 is 2.95 bits per heavy atom. The van der Waals surface area contributed by atoms with Gasteiger partial charge in [-0.1, -0.05) is 13.0 Å². The van der Waals surface area contributed by atoms with Crippen LogP contribution >= 0.6 is 0 Å². The minimum absolute atomic E-state index is 0.125. The van der Waals surface area contributed by atoms with Crippen LogP contribution in [-0.2, 0) is 9.53 Å². The van der Waals surface area contributed by atoms with E-state index in [0.29, 0.717) is 17.9 Å². The van der Waals surface area contributed by atoms with Crippen LogP contribution in [0.15, 0.2) is 24.3 Å². The van der Waals surface area contributed by atoms with Crippen molar-refractivity contribution in [3.63, 3.8) is 0 Å². The lowest BCUT2D eigenvalue weighted by Gasteiger charge is -2.16. The average Bonchev–Trinajstić information content (AvgIpc) is 2.93. The van der Waals surface area contributed by atoms with Gasteiger partial charge in [0.1, 0.15) is 11.7 Å². The van der Waals surface area contributed by atoms with Crippen LogP contribution < -0.4 is 10.1 Å². The molecule has 1 amide bonds. The van der Waals surface area contributed by atoms with E-state index in [1.54, 1.807) is 24.3 Å². The third kappa shape index (κ3) is 3.95. The molecule has 114 valence electrons. The molecule has 1 fully saturated rings. The topological polar surface area (TPSA) is 84.9 Å². The predicted octanol–water partition coefficient (Wildman–Crippen LogP) is 1.30. The van der Waals surface area contributed by atoms with E-state index < -0.39 is 17.9 Å². The van der Waals surface area contributed by atoms with Crippen molar-refractivity contribution in [2.24, 2.45) is 5.92 Å². The molecule has 2 N–H and O–H groups in total. The summed E-state index contributed by atoms with van der Waals surface area (Å²) in [6.07, 6.45) is 0.885. The van der Waals surface area contributed by atoms with Crippen LogP contribution in [0.25, 0.3) is 0 Å². The molecule has 2 atom stereocenters. The van der Waals surface area contributed by atoms with Crippen LogP contribution in [-0.4, -0.2) is 42.8 Å². The fraction of sp³-hybridized carbons (Fsp3) is 0.467. The van der Waals surface area contributed by atoms with E-state index in [2.05, 4.69) is 5.32 Å². The number of amides is 1. The fourth-order valence-corrected chi connectivity index (χ4v) is 2.14. The Labute approximate surface area is 123 Å². The molecule has 0 saturated carbocycles. The van der Waals surface area contributed by atoms with Gasteiger partial charge in [0.05, 0.1) is 25.9 Å². The summed E-state index contributed by atoms with van der Waals surface area (Å²) in [5.41, 5.74) is 0.444. The van der Waals surface area contributed by atoms with E-state index in [9.17, 15) is 9.59 Å². The quantitative estimate of drug-likeness (QED) is 0.826. The van der Waals surface area contributed by atoms with E-state index in [4.69, 9.17) is 14.6 Å². The fourth-order valence-electron chi connectivity index (χ4n) is 2.14. The summed E-state index contributed by atoms with van der Waals surface area (Å²) in [5, 5.41) is 11.8. The lowest BCUT2D eigenvalue weighted by Crippen LogP contribution is -2.42. The monoisotopic (exact) mass is 293 g/mol. The lowest BCUT2D eigenvalue weighted by atomic mass is 10.0. The van der Waals surface area contributed by atoms with Crippen LogP contribution in [0.3, 0.4) is 0 Å². The number of nitrogens with one attached hydrogen (secondary N) is 1. The molecule has 0 spiro atoms. The zero-order valence-corrected chi connectivity index (χ0v) is 11.9. The number of carboxylic acid groups (broad SMARTS) is 1. The molecule has 2 rings (SSSR count). The first-order valence-electron chi connectivity index (χ1n) is 6.96. The molecule has 0 aliphatic carbocycles. The summed E-state index contributed by atoms with van der Waals surface area (Å²) >= 11 is 0. The molecule has 1 aromatic rings. The van der Waals surface area contributed by atoms with Gasteiger partial charge in [0.25, 0.3) is 5.91 Å². The Morgan fingerprint density at radius 1 is 1.43 bits per heavy atom. The first-order chi connectivity index (χ1) is 10.1. The molecule has 0 bridgehead atoms. The van der Waals surface area contributed by atoms with Gasteiger partial charge >= 0.3 is 5.97 Å². The largest absolute Gasteiger partial charge is 0.494 e. The second-order valence-electron chi connectivity index (χ2n) is 4.94. The number of rotatable bonds is 6. The van der Waals surface area contributed by atoms with Crippen LogP contribution in [0.4, 0.5) is 0 Å². The van der Waals surface area contributed by atoms with Gasteiger partial charge in [-0.2, -0.15) is 0 Å². The lowest BCUT2D eigenvalue weighted by molar-refractivity contribution is -0.142. The van der Waals surface area contributed by atoms with Gasteiger partial charge in [-0.15, -0.1) is 0 Å². The number of benzene rings is 1. The van der Waals surface area contributed by atoms with Crippen molar-refractivity contribution >= 4 is 11.9 Å². The molecule has 1 saturated heterocycles. The number of ether oxygens (including phenoxy) is 2. The molecular weight excluding hydrogens is 274 g/mol. The number of aliphatic carboxylic acids is 1. The highest BCUT2D eigenvalue weighted by Gasteiger charge is 2.35. The van der Waals surface area contributed by atoms with Crippen molar-refractivity contribution in [3.05, 3.63) is 29.8 Å². The van der Waals surface area contributed by atoms with Crippen molar-refractivity contribution in [2.45, 2.75) is 19.4 Å². The van der Waals surface area contributed by atoms with Gasteiger partial charge in [-0.3, -0.25) is 9.59 Å². The SMILES string of the molecule is CCCOc1cccc(C(=O)NC2COCC2C(=O)O)c1. The molecule has 0 radical (unpaired) electrons. The Morgan fingerprint density at radius 2 is 2.24 bits per heavy atom. The van der Waals surface area contributed by atoms with Crippen molar-refractivity contribution in [2.75, 3.05) is 19.8 Å². The molecule has 1 aliphatic heterocycles. The van der Waals surface area contributed by atoms with Gasteiger partial charge in [-0.05, 0) is 24.6 Å². The summed E-state index contributed by atoms with van der Waals surface area (Å²) in [7, 11) is 0. The van der Waals surface area contributed by atoms with Crippen LogP contribution in [0.5, 0.6) is 5.75 Å². The maximum Gasteiger partial charge on any atom is 0.311 e. The van der Waals surface area contributed by atoms with Gasteiger partial charge in [0, 0.05) is 5.56 Å². The molecule has 2 unspecified atom stereocenters. The summed E-state index contributed by atoms with van der Waals surface area (Å²) in [6.45, 7) is 2.93. The molecule has 6 heteroatoms. The van der Waals surface area contributed by atoms with Crippen molar-refractivity contribution in [3.8, 4) is 5.75 Å². The summed E-state index contributed by atoms with van der Waals surface area (Å²) in [6, 6.07) is 6.33. The van der Waals surface area contributed by atoms with Gasteiger partial charge in [0.2, 0.25) is 0 Å². The standard InChI is InChI=1S/C15H19NO5/c1-2-6-21-11-5-3-4-10(7-11)14(17)16-13-9-20-8-12(13)15(18)19/h3-5,7,12-13H,2,6,8-9H2,1H3,(H,16,17)(H,18,19). The molecule has 21 heavy (non-hydrogen) atoms. The zero-order valence-electron chi connectivity index (χ0n) is 11.9. The third-order valence-electron chi connectivity index (χ3n) is 3.28. The average molecular weight is 293 g/mol. The Hall–Kier alpha value is -2.08. The van der Waals surface area contributed by atoms with Crippen molar-refractivity contribution in [1.29, 1.82) is 0 Å². The maximum absolute atomic E-state index is 12.2. The summed E-state index contributed by atoms with van der Waals surface area (Å²) in [5.74, 6) is -1.35. The van der Waals surface area contributed by atoms with E-state index in [-0.39, 0.29) is 19.1 Å². The molecule has 1 aromatic carbocycles. The van der Waals surface area contributed by atoms with E-state index in [1.807, 2.05) is 6.92 Å². The number of carboxylic acids is 1. The third-order valence-corrected chi connectivity index (χ3v) is 3.28. The normalized spacial score (nSPS) is 21.0. The highest BCUT2D eigenvalue weighted by atomic mass is 16.5. The molecule has 6 nitrogen and oxygen atoms in total. The zero-order chi connectivity index (χ0) is 15.2. The number of carbonyl (C=O) groups is 2. The minimum Gasteiger partial charge on any atom is -0.494 e. The van der Waals surface area contributed by atoms with Crippen LogP contribution in [0.1, 0.15) is 23.7 Å². The van der Waals surface area contributed by atoms with E-state index in [1.165, 1.54) is 0 Å². The molecule has 1 aliphatic rings. The van der Waals surface area contributed by atoms with Crippen molar-refractivity contribution in [1.82, 2.24) is 5.32 Å². The minimum atomic E-state index is -0.960. The summed E-state index contributed by atoms with van der Waals surface area (Å²) < 4.78 is 10.6. The van der Waals surface area contributed by atoms with Gasteiger partial charge in [0.15, 0.2) is 0 Å². The van der Waals surface area contributed by atoms with Crippen LogP contribution in [0.2, 0.25) is 0 Å². The smallest absolute Gasteiger partial charge is 0.311 e. The molecule has 1 heterocycles. The Bertz CT molecular complexity index is 517. The van der Waals surface area contributed by atoms with Crippen LogP contribution in [0, 0.1) is 5.92 Å². The van der Waals surface area contributed by atoms with Crippen molar-refractivity contribution < 1.29 is 24.2 Å². The Balaban J connectivity index is 2.01. The first kappa shape index (κ1) is 15.3. The van der Waals surface area contributed by atoms with Gasteiger partial charge < -0.3 is 19.9 Å². The first-order valence-corrected chi connectivity index (χ1v) is 6.96. The predicted molar refractivity (Wildman–Crippen MR) is 75.4 cm³/mol. The second-order valence-corrected chi connectivity index (χ2v) is 4.94. The second kappa shape index (κ2) is 7.08. The molecular formula is C15H19NO5. The Kier molecular flexibility index (Phi) is 5.16. The highest BCUT2D eigenvalue weighted by Crippen LogP contribution is 2.17. The van der Waals surface area contributed by atoms with E-state index in [0.717, 1.165) is 6.42 Å². The number of hydrogen-bond donors (Lipinski definition) is 2.